The van der Waals surface area contributed by atoms with Crippen molar-refractivity contribution in [3.05, 3.63) is 33.2 Å². The molecule has 1 aliphatic heterocycles. The van der Waals surface area contributed by atoms with Crippen LogP contribution in [0.4, 0.5) is 0 Å². The summed E-state index contributed by atoms with van der Waals surface area (Å²) in [5.41, 5.74) is -0.430. The van der Waals surface area contributed by atoms with Crippen LogP contribution in [0.3, 0.4) is 0 Å². The normalized spacial score (nSPS) is 22.1. The van der Waals surface area contributed by atoms with Crippen molar-refractivity contribution in [1.82, 2.24) is 9.88 Å². The number of pyridine rings is 1. The summed E-state index contributed by atoms with van der Waals surface area (Å²) in [4.78, 5) is 39.8. The number of H-pyrrole nitrogens is 1. The van der Waals surface area contributed by atoms with Gasteiger partial charge in [-0.2, -0.15) is 0 Å². The second-order valence-electron chi connectivity index (χ2n) is 5.48. The minimum Gasteiger partial charge on any atom is -0.480 e. The second kappa shape index (κ2) is 4.77. The molecule has 2 heterocycles. The Balaban J connectivity index is 2.47. The van der Waals surface area contributed by atoms with Crippen molar-refractivity contribution < 1.29 is 14.7 Å². The summed E-state index contributed by atoms with van der Waals surface area (Å²) >= 11 is 0. The molecule has 6 nitrogen and oxygen atoms in total. The van der Waals surface area contributed by atoms with E-state index in [9.17, 15) is 19.5 Å². The van der Waals surface area contributed by atoms with Crippen LogP contribution in [-0.2, 0) is 4.79 Å². The molecule has 108 valence electrons. The summed E-state index contributed by atoms with van der Waals surface area (Å²) in [6.45, 7) is 5.30. The summed E-state index contributed by atoms with van der Waals surface area (Å²) in [6.07, 6.45) is 1.02. The zero-order valence-corrected chi connectivity index (χ0v) is 11.8. The Morgan fingerprint density at radius 1 is 1.40 bits per heavy atom. The number of carbonyl (C=O) groups is 2. The molecule has 1 aromatic rings. The molecule has 0 aromatic carbocycles. The molecule has 1 unspecified atom stereocenters. The van der Waals surface area contributed by atoms with E-state index in [-0.39, 0.29) is 5.56 Å². The van der Waals surface area contributed by atoms with Gasteiger partial charge in [0.15, 0.2) is 0 Å². The van der Waals surface area contributed by atoms with Crippen LogP contribution in [0.2, 0.25) is 0 Å². The number of aliphatic carboxylic acids is 1. The number of hydrogen-bond donors (Lipinski definition) is 2. The van der Waals surface area contributed by atoms with Crippen LogP contribution in [-0.4, -0.2) is 39.0 Å². The van der Waals surface area contributed by atoms with Crippen LogP contribution in [0.5, 0.6) is 0 Å². The molecular formula is C14H18N2O4. The fourth-order valence-electron chi connectivity index (χ4n) is 2.77. The third-order valence-corrected chi connectivity index (χ3v) is 3.93. The van der Waals surface area contributed by atoms with Gasteiger partial charge in [0.25, 0.3) is 11.5 Å². The largest absolute Gasteiger partial charge is 0.480 e. The number of rotatable bonds is 2. The Morgan fingerprint density at radius 2 is 2.05 bits per heavy atom. The summed E-state index contributed by atoms with van der Waals surface area (Å²) in [6, 6.07) is 1.71. The molecule has 1 aromatic heterocycles. The smallest absolute Gasteiger partial charge is 0.329 e. The number of hydrogen-bond acceptors (Lipinski definition) is 3. The average Bonchev–Trinajstić information content (AvgIpc) is 2.71. The number of carboxylic acids is 1. The lowest BCUT2D eigenvalue weighted by Gasteiger charge is -2.31. The number of aromatic nitrogens is 1. The summed E-state index contributed by atoms with van der Waals surface area (Å²) in [5.74, 6) is -1.55. The fraction of sp³-hybridized carbons (Fsp3) is 0.500. The van der Waals surface area contributed by atoms with E-state index in [4.69, 9.17) is 0 Å². The van der Waals surface area contributed by atoms with Gasteiger partial charge in [0.1, 0.15) is 11.1 Å². The first-order chi connectivity index (χ1) is 9.27. The first kappa shape index (κ1) is 14.3. The molecule has 0 saturated carbocycles. The lowest BCUT2D eigenvalue weighted by atomic mass is 9.98. The van der Waals surface area contributed by atoms with Gasteiger partial charge in [0.2, 0.25) is 0 Å². The second-order valence-corrected chi connectivity index (χ2v) is 5.48. The van der Waals surface area contributed by atoms with Crippen molar-refractivity contribution >= 4 is 11.9 Å². The van der Waals surface area contributed by atoms with E-state index in [2.05, 4.69) is 4.98 Å². The van der Waals surface area contributed by atoms with E-state index in [1.165, 1.54) is 11.8 Å². The van der Waals surface area contributed by atoms with Gasteiger partial charge in [-0.15, -0.1) is 0 Å². The van der Waals surface area contributed by atoms with Gasteiger partial charge >= 0.3 is 5.97 Å². The SMILES string of the molecule is Cc1cc(C)c(C(=O)N2CCCC2(C)C(=O)O)c(=O)[nH]1. The Labute approximate surface area is 116 Å². The van der Waals surface area contributed by atoms with Gasteiger partial charge in [-0.25, -0.2) is 4.79 Å². The maximum absolute atomic E-state index is 12.6. The van der Waals surface area contributed by atoms with Gasteiger partial charge in [-0.05, 0) is 45.2 Å². The zero-order valence-electron chi connectivity index (χ0n) is 11.8. The minimum absolute atomic E-state index is 0.0324. The van der Waals surface area contributed by atoms with Crippen molar-refractivity contribution in [2.75, 3.05) is 6.54 Å². The molecule has 2 rings (SSSR count). The Morgan fingerprint density at radius 3 is 2.60 bits per heavy atom. The summed E-state index contributed by atoms with van der Waals surface area (Å²) < 4.78 is 0. The number of aromatic amines is 1. The van der Waals surface area contributed by atoms with E-state index < -0.39 is 23.0 Å². The van der Waals surface area contributed by atoms with Crippen LogP contribution in [0, 0.1) is 13.8 Å². The molecule has 0 aliphatic carbocycles. The molecule has 0 bridgehead atoms. The lowest BCUT2D eigenvalue weighted by molar-refractivity contribution is -0.147. The van der Waals surface area contributed by atoms with E-state index >= 15 is 0 Å². The maximum Gasteiger partial charge on any atom is 0.329 e. The van der Waals surface area contributed by atoms with Crippen molar-refractivity contribution in [2.45, 2.75) is 39.2 Å². The number of carboxylic acid groups (broad SMARTS) is 1. The van der Waals surface area contributed by atoms with Crippen molar-refractivity contribution in [3.8, 4) is 0 Å². The molecule has 20 heavy (non-hydrogen) atoms. The van der Waals surface area contributed by atoms with Crippen molar-refractivity contribution in [1.29, 1.82) is 0 Å². The van der Waals surface area contributed by atoms with E-state index in [0.29, 0.717) is 30.6 Å². The molecular weight excluding hydrogens is 260 g/mol. The van der Waals surface area contributed by atoms with E-state index in [1.54, 1.807) is 19.9 Å². The highest BCUT2D eigenvalue weighted by molar-refractivity contribution is 5.99. The molecule has 0 spiro atoms. The molecule has 2 N–H and O–H groups in total. The number of nitrogens with one attached hydrogen (secondary N) is 1. The number of amides is 1. The molecule has 1 atom stereocenters. The summed E-state index contributed by atoms with van der Waals surface area (Å²) in [7, 11) is 0. The zero-order chi connectivity index (χ0) is 15.1. The van der Waals surface area contributed by atoms with E-state index in [0.717, 1.165) is 0 Å². The number of likely N-dealkylation sites (tertiary alicyclic amines) is 1. The topological polar surface area (TPSA) is 90.5 Å². The van der Waals surface area contributed by atoms with Gasteiger partial charge in [0.05, 0.1) is 0 Å². The molecule has 1 amide bonds. The van der Waals surface area contributed by atoms with Crippen LogP contribution < -0.4 is 5.56 Å². The molecule has 0 radical (unpaired) electrons. The number of nitrogens with zero attached hydrogens (tertiary/aromatic N) is 1. The molecule has 1 fully saturated rings. The Bertz CT molecular complexity index is 635. The lowest BCUT2D eigenvalue weighted by Crippen LogP contribution is -2.51. The van der Waals surface area contributed by atoms with Gasteiger partial charge in [-0.3, -0.25) is 9.59 Å². The predicted octanol–water partition coefficient (Wildman–Crippen LogP) is 1.07. The molecule has 1 saturated heterocycles. The number of aryl methyl sites for hydroxylation is 2. The van der Waals surface area contributed by atoms with Crippen LogP contribution in [0.15, 0.2) is 10.9 Å². The quantitative estimate of drug-likeness (QED) is 0.846. The third kappa shape index (κ3) is 2.11. The highest BCUT2D eigenvalue weighted by atomic mass is 16.4. The third-order valence-electron chi connectivity index (χ3n) is 3.93. The van der Waals surface area contributed by atoms with Crippen LogP contribution in [0.25, 0.3) is 0 Å². The highest BCUT2D eigenvalue weighted by Crippen LogP contribution is 2.30. The first-order valence-electron chi connectivity index (χ1n) is 6.53. The predicted molar refractivity (Wildman–Crippen MR) is 72.8 cm³/mol. The minimum atomic E-state index is -1.24. The summed E-state index contributed by atoms with van der Waals surface area (Å²) in [5, 5.41) is 9.34. The number of carbonyl (C=O) groups excluding carboxylic acids is 1. The van der Waals surface area contributed by atoms with Crippen molar-refractivity contribution in [3.63, 3.8) is 0 Å². The van der Waals surface area contributed by atoms with Gasteiger partial charge in [0, 0.05) is 12.2 Å². The average molecular weight is 278 g/mol. The highest BCUT2D eigenvalue weighted by Gasteiger charge is 2.46. The van der Waals surface area contributed by atoms with E-state index in [1.807, 2.05) is 0 Å². The van der Waals surface area contributed by atoms with Crippen molar-refractivity contribution in [2.24, 2.45) is 0 Å². The maximum atomic E-state index is 12.6. The standard InChI is InChI=1S/C14H18N2O4/c1-8-7-9(2)15-11(17)10(8)12(18)16-6-4-5-14(16,3)13(19)20/h7H,4-6H2,1-3H3,(H,15,17)(H,19,20). The first-order valence-corrected chi connectivity index (χ1v) is 6.53. The van der Waals surface area contributed by atoms with Gasteiger partial charge < -0.3 is 15.0 Å². The fourth-order valence-corrected chi connectivity index (χ4v) is 2.77. The molecule has 1 aliphatic rings. The monoisotopic (exact) mass is 278 g/mol. The molecule has 6 heteroatoms. The van der Waals surface area contributed by atoms with Crippen LogP contribution in [0.1, 0.15) is 41.4 Å². The van der Waals surface area contributed by atoms with Crippen LogP contribution >= 0.6 is 0 Å². The Hall–Kier alpha value is -2.11. The van der Waals surface area contributed by atoms with Gasteiger partial charge in [-0.1, -0.05) is 0 Å². The Kier molecular flexibility index (Phi) is 3.41.